The SMILES string of the molecule is Cc1cccc(NC(=O)NCc2nc([C@@H]3CC(=O)N(Cc4ccc(F)cc4)C3)no2)c1. The number of anilines is 1. The number of aryl methyl sites for hydroxylation is 1. The molecule has 3 amide bonds. The summed E-state index contributed by atoms with van der Waals surface area (Å²) in [4.78, 5) is 30.4. The largest absolute Gasteiger partial charge is 0.338 e. The van der Waals surface area contributed by atoms with Crippen molar-refractivity contribution in [1.29, 1.82) is 0 Å². The van der Waals surface area contributed by atoms with Gasteiger partial charge in [-0.15, -0.1) is 0 Å². The summed E-state index contributed by atoms with van der Waals surface area (Å²) in [5.41, 5.74) is 2.58. The molecule has 2 N–H and O–H groups in total. The zero-order valence-corrected chi connectivity index (χ0v) is 17.0. The summed E-state index contributed by atoms with van der Waals surface area (Å²) in [7, 11) is 0. The van der Waals surface area contributed by atoms with Crippen molar-refractivity contribution >= 4 is 17.6 Å². The predicted molar refractivity (Wildman–Crippen MR) is 111 cm³/mol. The number of hydrogen-bond acceptors (Lipinski definition) is 5. The van der Waals surface area contributed by atoms with Gasteiger partial charge < -0.3 is 20.1 Å². The number of urea groups is 1. The third-order valence-corrected chi connectivity index (χ3v) is 5.03. The smallest absolute Gasteiger partial charge is 0.319 e. The van der Waals surface area contributed by atoms with Crippen LogP contribution in [0.5, 0.6) is 0 Å². The third kappa shape index (κ3) is 5.25. The standard InChI is InChI=1S/C22H22FN5O3/c1-14-3-2-4-18(9-14)25-22(30)24-11-19-26-21(27-31-19)16-10-20(29)28(13-16)12-15-5-7-17(23)8-6-15/h2-9,16H,10-13H2,1H3,(H2,24,25,30)/t16-/m1/s1. The van der Waals surface area contributed by atoms with Crippen LogP contribution in [0.15, 0.2) is 53.1 Å². The van der Waals surface area contributed by atoms with Gasteiger partial charge in [0, 0.05) is 31.1 Å². The molecule has 0 saturated carbocycles. The van der Waals surface area contributed by atoms with Crippen LogP contribution < -0.4 is 10.6 Å². The summed E-state index contributed by atoms with van der Waals surface area (Å²) in [5.74, 6) is 0.183. The van der Waals surface area contributed by atoms with E-state index in [0.717, 1.165) is 11.1 Å². The molecule has 2 aromatic carbocycles. The second-order valence-electron chi connectivity index (χ2n) is 7.53. The summed E-state index contributed by atoms with van der Waals surface area (Å²) in [6.07, 6.45) is 0.279. The van der Waals surface area contributed by atoms with Crippen molar-refractivity contribution in [1.82, 2.24) is 20.4 Å². The molecule has 9 heteroatoms. The Balaban J connectivity index is 1.29. The number of rotatable bonds is 6. The van der Waals surface area contributed by atoms with E-state index in [-0.39, 0.29) is 42.5 Å². The molecule has 0 unspecified atom stereocenters. The lowest BCUT2D eigenvalue weighted by Gasteiger charge is -2.16. The fourth-order valence-electron chi connectivity index (χ4n) is 3.47. The molecule has 0 radical (unpaired) electrons. The fraction of sp³-hybridized carbons (Fsp3) is 0.273. The summed E-state index contributed by atoms with van der Waals surface area (Å²) in [6, 6.07) is 13.2. The second-order valence-corrected chi connectivity index (χ2v) is 7.53. The van der Waals surface area contributed by atoms with Crippen molar-refractivity contribution in [2.45, 2.75) is 32.4 Å². The number of nitrogens with one attached hydrogen (secondary N) is 2. The van der Waals surface area contributed by atoms with Gasteiger partial charge in [0.2, 0.25) is 11.8 Å². The van der Waals surface area contributed by atoms with Crippen LogP contribution >= 0.6 is 0 Å². The topological polar surface area (TPSA) is 100 Å². The number of benzene rings is 2. The van der Waals surface area contributed by atoms with E-state index < -0.39 is 0 Å². The van der Waals surface area contributed by atoms with E-state index in [2.05, 4.69) is 20.8 Å². The summed E-state index contributed by atoms with van der Waals surface area (Å²) in [5, 5.41) is 9.38. The lowest BCUT2D eigenvalue weighted by Crippen LogP contribution is -2.28. The molecule has 160 valence electrons. The maximum Gasteiger partial charge on any atom is 0.319 e. The molecule has 2 heterocycles. The molecule has 0 bridgehead atoms. The Morgan fingerprint density at radius 1 is 1.26 bits per heavy atom. The molecule has 1 atom stereocenters. The van der Waals surface area contributed by atoms with Crippen molar-refractivity contribution in [2.75, 3.05) is 11.9 Å². The Morgan fingerprint density at radius 2 is 2.06 bits per heavy atom. The van der Waals surface area contributed by atoms with Crippen LogP contribution in [-0.2, 0) is 17.9 Å². The van der Waals surface area contributed by atoms with E-state index in [9.17, 15) is 14.0 Å². The molecule has 0 spiro atoms. The van der Waals surface area contributed by atoms with Crippen molar-refractivity contribution in [3.05, 3.63) is 77.2 Å². The van der Waals surface area contributed by atoms with Gasteiger partial charge in [-0.05, 0) is 42.3 Å². The minimum atomic E-state index is -0.383. The van der Waals surface area contributed by atoms with Gasteiger partial charge in [-0.1, -0.05) is 29.4 Å². The molecular formula is C22H22FN5O3. The first-order valence-corrected chi connectivity index (χ1v) is 9.92. The van der Waals surface area contributed by atoms with Gasteiger partial charge in [-0.25, -0.2) is 9.18 Å². The molecular weight excluding hydrogens is 401 g/mol. The van der Waals surface area contributed by atoms with Crippen LogP contribution in [0.2, 0.25) is 0 Å². The van der Waals surface area contributed by atoms with Crippen molar-refractivity contribution in [3.8, 4) is 0 Å². The first-order valence-electron chi connectivity index (χ1n) is 9.92. The normalized spacial score (nSPS) is 15.9. The molecule has 1 saturated heterocycles. The van der Waals surface area contributed by atoms with Gasteiger partial charge in [-0.2, -0.15) is 4.98 Å². The highest BCUT2D eigenvalue weighted by atomic mass is 19.1. The molecule has 4 rings (SSSR count). The fourth-order valence-corrected chi connectivity index (χ4v) is 3.47. The minimum Gasteiger partial charge on any atom is -0.338 e. The van der Waals surface area contributed by atoms with Crippen LogP contribution in [0.25, 0.3) is 0 Å². The number of aromatic nitrogens is 2. The molecule has 3 aromatic rings. The molecule has 1 aliphatic heterocycles. The molecule has 31 heavy (non-hydrogen) atoms. The number of halogens is 1. The van der Waals surface area contributed by atoms with Crippen LogP contribution in [-0.4, -0.2) is 33.5 Å². The third-order valence-electron chi connectivity index (χ3n) is 5.03. The maximum absolute atomic E-state index is 13.1. The van der Waals surface area contributed by atoms with Crippen molar-refractivity contribution in [2.24, 2.45) is 0 Å². The van der Waals surface area contributed by atoms with E-state index in [4.69, 9.17) is 4.52 Å². The number of hydrogen-bond donors (Lipinski definition) is 2. The average molecular weight is 423 g/mol. The highest BCUT2D eigenvalue weighted by molar-refractivity contribution is 5.89. The number of amides is 3. The molecule has 1 aliphatic rings. The average Bonchev–Trinajstić information content (AvgIpc) is 3.35. The molecule has 8 nitrogen and oxygen atoms in total. The number of nitrogens with zero attached hydrogens (tertiary/aromatic N) is 3. The van der Waals surface area contributed by atoms with Gasteiger partial charge in [0.15, 0.2) is 5.82 Å². The highest BCUT2D eigenvalue weighted by Crippen LogP contribution is 2.27. The van der Waals surface area contributed by atoms with Gasteiger partial charge in [-0.3, -0.25) is 4.79 Å². The Kier molecular flexibility index (Phi) is 5.92. The Labute approximate surface area is 178 Å². The first kappa shape index (κ1) is 20.5. The molecule has 1 fully saturated rings. The Morgan fingerprint density at radius 3 is 2.84 bits per heavy atom. The van der Waals surface area contributed by atoms with Gasteiger partial charge in [0.25, 0.3) is 0 Å². The van der Waals surface area contributed by atoms with Gasteiger partial charge >= 0.3 is 6.03 Å². The summed E-state index contributed by atoms with van der Waals surface area (Å²) in [6.45, 7) is 2.87. The Bertz CT molecular complexity index is 1080. The maximum atomic E-state index is 13.1. The monoisotopic (exact) mass is 423 g/mol. The van der Waals surface area contributed by atoms with E-state index in [1.54, 1.807) is 23.1 Å². The van der Waals surface area contributed by atoms with Crippen molar-refractivity contribution in [3.63, 3.8) is 0 Å². The van der Waals surface area contributed by atoms with Gasteiger partial charge in [0.1, 0.15) is 5.82 Å². The van der Waals surface area contributed by atoms with Crippen LogP contribution in [0, 0.1) is 12.7 Å². The number of likely N-dealkylation sites (tertiary alicyclic amines) is 1. The zero-order valence-electron chi connectivity index (χ0n) is 17.0. The van der Waals surface area contributed by atoms with Crippen LogP contribution in [0.4, 0.5) is 14.9 Å². The zero-order chi connectivity index (χ0) is 21.8. The number of carbonyl (C=O) groups is 2. The predicted octanol–water partition coefficient (Wildman–Crippen LogP) is 3.35. The molecule has 0 aliphatic carbocycles. The van der Waals surface area contributed by atoms with E-state index >= 15 is 0 Å². The molecule has 1 aromatic heterocycles. The summed E-state index contributed by atoms with van der Waals surface area (Å²) < 4.78 is 18.3. The van der Waals surface area contributed by atoms with E-state index in [1.807, 2.05) is 25.1 Å². The highest BCUT2D eigenvalue weighted by Gasteiger charge is 2.33. The van der Waals surface area contributed by atoms with Crippen LogP contribution in [0.1, 0.15) is 35.2 Å². The lowest BCUT2D eigenvalue weighted by atomic mass is 10.1. The van der Waals surface area contributed by atoms with Crippen LogP contribution in [0.3, 0.4) is 0 Å². The van der Waals surface area contributed by atoms with Gasteiger partial charge in [0.05, 0.1) is 6.54 Å². The van der Waals surface area contributed by atoms with E-state index in [1.165, 1.54) is 12.1 Å². The van der Waals surface area contributed by atoms with Crippen molar-refractivity contribution < 1.29 is 18.5 Å². The Hall–Kier alpha value is -3.75. The number of carbonyl (C=O) groups excluding carboxylic acids is 2. The quantitative estimate of drug-likeness (QED) is 0.633. The second kappa shape index (κ2) is 8.95. The minimum absolute atomic E-state index is 0.0173. The van der Waals surface area contributed by atoms with E-state index in [0.29, 0.717) is 24.6 Å². The lowest BCUT2D eigenvalue weighted by molar-refractivity contribution is -0.128. The first-order chi connectivity index (χ1) is 15.0. The summed E-state index contributed by atoms with van der Waals surface area (Å²) >= 11 is 0.